The highest BCUT2D eigenvalue weighted by Gasteiger charge is 2.41. The number of carbonyl (C=O) groups excluding carboxylic acids is 2. The minimum absolute atomic E-state index is 0.118. The van der Waals surface area contributed by atoms with Crippen molar-refractivity contribution >= 4 is 27.5 Å². The normalized spacial score (nSPS) is 19.1. The van der Waals surface area contributed by atoms with Crippen molar-refractivity contribution in [3.8, 4) is 0 Å². The zero-order valence-electron chi connectivity index (χ0n) is 13.6. The van der Waals surface area contributed by atoms with Crippen LogP contribution in [-0.2, 0) is 14.8 Å². The van der Waals surface area contributed by atoms with Crippen LogP contribution in [0.15, 0.2) is 24.3 Å². The molecule has 2 fully saturated rings. The fourth-order valence-corrected chi connectivity index (χ4v) is 4.63. The van der Waals surface area contributed by atoms with Gasteiger partial charge in [-0.2, -0.15) is 4.31 Å². The molecular formula is C16H21N3O4S. The summed E-state index contributed by atoms with van der Waals surface area (Å²) >= 11 is 0. The lowest BCUT2D eigenvalue weighted by molar-refractivity contribution is -0.114. The maximum atomic E-state index is 12.5. The summed E-state index contributed by atoms with van der Waals surface area (Å²) in [6.07, 6.45) is 1.50. The summed E-state index contributed by atoms with van der Waals surface area (Å²) in [5.74, 6) is -0.282. The van der Waals surface area contributed by atoms with Crippen LogP contribution in [0.25, 0.3) is 0 Å². The second kappa shape index (κ2) is 6.52. The van der Waals surface area contributed by atoms with Gasteiger partial charge in [0.15, 0.2) is 0 Å². The van der Waals surface area contributed by atoms with Crippen LogP contribution in [0.5, 0.6) is 0 Å². The van der Waals surface area contributed by atoms with Gasteiger partial charge in [-0.3, -0.25) is 9.59 Å². The third kappa shape index (κ3) is 3.59. The Morgan fingerprint density at radius 3 is 2.12 bits per heavy atom. The molecule has 1 aromatic carbocycles. The van der Waals surface area contributed by atoms with Crippen LogP contribution in [0.2, 0.25) is 0 Å². The Morgan fingerprint density at radius 2 is 1.62 bits per heavy atom. The van der Waals surface area contributed by atoms with Gasteiger partial charge < -0.3 is 10.2 Å². The highest BCUT2D eigenvalue weighted by atomic mass is 32.2. The van der Waals surface area contributed by atoms with Crippen molar-refractivity contribution in [2.24, 2.45) is 0 Å². The maximum Gasteiger partial charge on any atom is 0.253 e. The molecule has 0 radical (unpaired) electrons. The van der Waals surface area contributed by atoms with E-state index in [1.54, 1.807) is 29.2 Å². The Morgan fingerprint density at radius 1 is 1.04 bits per heavy atom. The molecule has 8 heteroatoms. The summed E-state index contributed by atoms with van der Waals surface area (Å²) in [5, 5.41) is 2.44. The number of nitrogens with one attached hydrogen (secondary N) is 1. The molecule has 130 valence electrons. The molecule has 24 heavy (non-hydrogen) atoms. The van der Waals surface area contributed by atoms with Crippen molar-refractivity contribution in [3.05, 3.63) is 29.8 Å². The summed E-state index contributed by atoms with van der Waals surface area (Å²) in [6, 6.07) is 6.70. The van der Waals surface area contributed by atoms with Gasteiger partial charge in [0.05, 0.1) is 5.25 Å². The predicted octanol–water partition coefficient (Wildman–Crippen LogP) is 0.895. The first-order valence-electron chi connectivity index (χ1n) is 8.04. The first-order chi connectivity index (χ1) is 11.4. The molecule has 3 rings (SSSR count). The van der Waals surface area contributed by atoms with Crippen LogP contribution >= 0.6 is 0 Å². The van der Waals surface area contributed by atoms with E-state index in [1.165, 1.54) is 11.2 Å². The third-order valence-corrected chi connectivity index (χ3v) is 6.68. The number of sulfonamides is 1. The Bertz CT molecular complexity index is 733. The van der Waals surface area contributed by atoms with Crippen LogP contribution in [0, 0.1) is 0 Å². The Balaban J connectivity index is 1.59. The number of rotatable bonds is 4. The number of anilines is 1. The second-order valence-corrected chi connectivity index (χ2v) is 8.41. The topological polar surface area (TPSA) is 86.8 Å². The Labute approximate surface area is 141 Å². The molecule has 1 N–H and O–H groups in total. The van der Waals surface area contributed by atoms with E-state index in [0.717, 1.165) is 12.8 Å². The molecule has 2 aliphatic rings. The largest absolute Gasteiger partial charge is 0.336 e. The van der Waals surface area contributed by atoms with Crippen molar-refractivity contribution in [3.63, 3.8) is 0 Å². The van der Waals surface area contributed by atoms with E-state index in [9.17, 15) is 18.0 Å². The minimum atomic E-state index is -3.16. The van der Waals surface area contributed by atoms with Crippen LogP contribution < -0.4 is 5.32 Å². The smallest absolute Gasteiger partial charge is 0.253 e. The van der Waals surface area contributed by atoms with Gasteiger partial charge in [0.25, 0.3) is 5.91 Å². The van der Waals surface area contributed by atoms with E-state index in [-0.39, 0.29) is 17.1 Å². The number of hydrogen-bond donors (Lipinski definition) is 1. The Hall–Kier alpha value is -1.93. The van der Waals surface area contributed by atoms with Gasteiger partial charge in [0.1, 0.15) is 0 Å². The third-order valence-electron chi connectivity index (χ3n) is 4.28. The molecule has 1 saturated carbocycles. The average molecular weight is 351 g/mol. The number of nitrogens with zero attached hydrogens (tertiary/aromatic N) is 2. The number of carbonyl (C=O) groups is 2. The van der Waals surface area contributed by atoms with Gasteiger partial charge >= 0.3 is 0 Å². The zero-order valence-corrected chi connectivity index (χ0v) is 14.4. The Kier molecular flexibility index (Phi) is 4.60. The number of benzene rings is 1. The number of amides is 2. The molecule has 1 aliphatic carbocycles. The van der Waals surface area contributed by atoms with Crippen molar-refractivity contribution in [2.75, 3.05) is 31.5 Å². The zero-order chi connectivity index (χ0) is 17.3. The molecule has 1 aromatic rings. The fraction of sp³-hybridized carbons (Fsp3) is 0.500. The van der Waals surface area contributed by atoms with Crippen molar-refractivity contribution in [1.29, 1.82) is 0 Å². The summed E-state index contributed by atoms with van der Waals surface area (Å²) in [6.45, 7) is 2.94. The van der Waals surface area contributed by atoms with E-state index in [4.69, 9.17) is 0 Å². The van der Waals surface area contributed by atoms with E-state index in [1.807, 2.05) is 0 Å². The van der Waals surface area contributed by atoms with Gasteiger partial charge in [0, 0.05) is 44.4 Å². The fourth-order valence-electron chi connectivity index (χ4n) is 2.80. The molecule has 7 nitrogen and oxygen atoms in total. The molecular weight excluding hydrogens is 330 g/mol. The van der Waals surface area contributed by atoms with E-state index in [0.29, 0.717) is 37.4 Å². The molecule has 1 heterocycles. The van der Waals surface area contributed by atoms with Gasteiger partial charge in [-0.05, 0) is 37.1 Å². The average Bonchev–Trinajstić information content (AvgIpc) is 3.40. The van der Waals surface area contributed by atoms with Crippen molar-refractivity contribution in [1.82, 2.24) is 9.21 Å². The van der Waals surface area contributed by atoms with E-state index < -0.39 is 10.0 Å². The predicted molar refractivity (Wildman–Crippen MR) is 90.2 cm³/mol. The van der Waals surface area contributed by atoms with Crippen LogP contribution in [0.4, 0.5) is 5.69 Å². The highest BCUT2D eigenvalue weighted by Crippen LogP contribution is 2.31. The molecule has 0 bridgehead atoms. The first-order valence-corrected chi connectivity index (χ1v) is 9.54. The lowest BCUT2D eigenvalue weighted by atomic mass is 10.1. The lowest BCUT2D eigenvalue weighted by Crippen LogP contribution is -2.51. The van der Waals surface area contributed by atoms with Crippen molar-refractivity contribution < 1.29 is 18.0 Å². The molecule has 0 aromatic heterocycles. The van der Waals surface area contributed by atoms with Crippen LogP contribution in [0.3, 0.4) is 0 Å². The number of piperazine rings is 1. The van der Waals surface area contributed by atoms with E-state index in [2.05, 4.69) is 5.32 Å². The molecule has 0 spiro atoms. The van der Waals surface area contributed by atoms with Crippen molar-refractivity contribution in [2.45, 2.75) is 25.0 Å². The molecule has 1 saturated heterocycles. The van der Waals surface area contributed by atoms with Crippen LogP contribution in [-0.4, -0.2) is 60.9 Å². The quantitative estimate of drug-likeness (QED) is 0.873. The summed E-state index contributed by atoms with van der Waals surface area (Å²) in [5.41, 5.74) is 1.17. The first kappa shape index (κ1) is 16.9. The molecule has 1 aliphatic heterocycles. The number of hydrogen-bond acceptors (Lipinski definition) is 4. The standard InChI is InChI=1S/C16H21N3O4S/c1-12(20)17-14-4-2-13(3-5-14)16(21)18-8-10-19(11-9-18)24(22,23)15-6-7-15/h2-5,15H,6-11H2,1H3,(H,17,20). The molecule has 2 amide bonds. The van der Waals surface area contributed by atoms with Gasteiger partial charge in [-0.25, -0.2) is 8.42 Å². The minimum Gasteiger partial charge on any atom is -0.336 e. The van der Waals surface area contributed by atoms with Crippen LogP contribution in [0.1, 0.15) is 30.1 Å². The van der Waals surface area contributed by atoms with Gasteiger partial charge in [-0.1, -0.05) is 0 Å². The SMILES string of the molecule is CC(=O)Nc1ccc(C(=O)N2CCN(S(=O)(=O)C3CC3)CC2)cc1. The monoisotopic (exact) mass is 351 g/mol. The molecule has 0 unspecified atom stereocenters. The lowest BCUT2D eigenvalue weighted by Gasteiger charge is -2.34. The summed E-state index contributed by atoms with van der Waals surface area (Å²) < 4.78 is 25.9. The highest BCUT2D eigenvalue weighted by molar-refractivity contribution is 7.90. The molecule has 0 atom stereocenters. The maximum absolute atomic E-state index is 12.5. The summed E-state index contributed by atoms with van der Waals surface area (Å²) in [4.78, 5) is 25.2. The van der Waals surface area contributed by atoms with Gasteiger partial charge in [-0.15, -0.1) is 0 Å². The van der Waals surface area contributed by atoms with Gasteiger partial charge in [0.2, 0.25) is 15.9 Å². The van der Waals surface area contributed by atoms with E-state index >= 15 is 0 Å². The second-order valence-electron chi connectivity index (χ2n) is 6.19. The summed E-state index contributed by atoms with van der Waals surface area (Å²) in [7, 11) is -3.16.